The van der Waals surface area contributed by atoms with E-state index in [-0.39, 0.29) is 0 Å². The molecule has 0 amide bonds. The number of thiophene rings is 1. The lowest BCUT2D eigenvalue weighted by Crippen LogP contribution is -1.80. The van der Waals surface area contributed by atoms with Crippen molar-refractivity contribution in [2.75, 3.05) is 0 Å². The van der Waals surface area contributed by atoms with Gasteiger partial charge in [0.25, 0.3) is 0 Å². The molecule has 0 fully saturated rings. The summed E-state index contributed by atoms with van der Waals surface area (Å²) in [5.74, 6) is 0. The summed E-state index contributed by atoms with van der Waals surface area (Å²) in [6.45, 7) is 4.40. The predicted molar refractivity (Wildman–Crippen MR) is 60.6 cm³/mol. The summed E-state index contributed by atoms with van der Waals surface area (Å²) in [5.41, 5.74) is 1.47. The second-order valence-corrected chi connectivity index (χ2v) is 4.77. The molecule has 2 aromatic rings. The molecule has 0 saturated carbocycles. The molecule has 2 rings (SSSR count). The van der Waals surface area contributed by atoms with Crippen molar-refractivity contribution in [2.24, 2.45) is 0 Å². The van der Waals surface area contributed by atoms with Crippen LogP contribution >= 0.6 is 11.3 Å². The third-order valence-electron chi connectivity index (χ3n) is 2.24. The normalized spacial score (nSPS) is 10.9. The van der Waals surface area contributed by atoms with Crippen molar-refractivity contribution in [3.8, 4) is 0 Å². The Morgan fingerprint density at radius 1 is 1.23 bits per heavy atom. The number of benzene rings is 1. The van der Waals surface area contributed by atoms with Gasteiger partial charge in [-0.15, -0.1) is 11.3 Å². The number of fused-ring (bicyclic) bond motifs is 1. The van der Waals surface area contributed by atoms with Crippen molar-refractivity contribution < 1.29 is 0 Å². The first kappa shape index (κ1) is 8.76. The lowest BCUT2D eigenvalue weighted by molar-refractivity contribution is 0.924. The molecule has 1 aromatic carbocycles. The minimum Gasteiger partial charge on any atom is -0.141 e. The Hall–Kier alpha value is -0.820. The summed E-state index contributed by atoms with van der Waals surface area (Å²) in [7, 11) is 0. The molecule has 0 unspecified atom stereocenters. The molecule has 0 radical (unpaired) electrons. The molecular weight excluding hydrogens is 176 g/mol. The van der Waals surface area contributed by atoms with E-state index in [0.29, 0.717) is 0 Å². The Bertz CT molecular complexity index is 412. The molecule has 0 saturated heterocycles. The van der Waals surface area contributed by atoms with Gasteiger partial charge in [-0.05, 0) is 36.4 Å². The highest BCUT2D eigenvalue weighted by atomic mass is 32.1. The predicted octanol–water partition coefficient (Wildman–Crippen LogP) is 4.16. The molecular formula is C12H14S. The highest BCUT2D eigenvalue weighted by Crippen LogP contribution is 2.25. The largest absolute Gasteiger partial charge is 0.141 e. The van der Waals surface area contributed by atoms with Crippen molar-refractivity contribution in [3.63, 3.8) is 0 Å². The fourth-order valence-electron chi connectivity index (χ4n) is 1.67. The molecule has 0 bridgehead atoms. The van der Waals surface area contributed by atoms with E-state index >= 15 is 0 Å². The standard InChI is InChI=1S/C12H14S/c1-3-4-10-5-6-12-11(8-10)7-9(2)13-12/h5-8H,3-4H2,1-2H3. The van der Waals surface area contributed by atoms with Crippen LogP contribution in [0, 0.1) is 6.92 Å². The monoisotopic (exact) mass is 190 g/mol. The van der Waals surface area contributed by atoms with Gasteiger partial charge in [0.05, 0.1) is 0 Å². The molecule has 0 atom stereocenters. The lowest BCUT2D eigenvalue weighted by atomic mass is 10.1. The molecule has 0 nitrogen and oxygen atoms in total. The first-order valence-corrected chi connectivity index (χ1v) is 5.60. The van der Waals surface area contributed by atoms with Gasteiger partial charge >= 0.3 is 0 Å². The molecule has 1 heterocycles. The summed E-state index contributed by atoms with van der Waals surface area (Å²) in [4.78, 5) is 1.41. The van der Waals surface area contributed by atoms with E-state index in [1.54, 1.807) is 0 Å². The van der Waals surface area contributed by atoms with Gasteiger partial charge in [-0.2, -0.15) is 0 Å². The summed E-state index contributed by atoms with van der Waals surface area (Å²) in [6, 6.07) is 9.10. The highest BCUT2D eigenvalue weighted by Gasteiger charge is 1.98. The zero-order valence-electron chi connectivity index (χ0n) is 8.13. The number of rotatable bonds is 2. The first-order valence-electron chi connectivity index (χ1n) is 4.78. The van der Waals surface area contributed by atoms with Crippen LogP contribution < -0.4 is 0 Å². The van der Waals surface area contributed by atoms with E-state index in [1.165, 1.54) is 33.4 Å². The van der Waals surface area contributed by atoms with Gasteiger partial charge in [0.15, 0.2) is 0 Å². The van der Waals surface area contributed by atoms with Crippen LogP contribution in [0.5, 0.6) is 0 Å². The Balaban J connectivity index is 2.48. The van der Waals surface area contributed by atoms with E-state index < -0.39 is 0 Å². The average molecular weight is 190 g/mol. The molecule has 0 N–H and O–H groups in total. The molecule has 0 aliphatic carbocycles. The molecule has 0 aliphatic heterocycles. The van der Waals surface area contributed by atoms with Gasteiger partial charge in [-0.25, -0.2) is 0 Å². The van der Waals surface area contributed by atoms with E-state index in [9.17, 15) is 0 Å². The van der Waals surface area contributed by atoms with Crippen molar-refractivity contribution >= 4 is 21.4 Å². The zero-order chi connectivity index (χ0) is 9.26. The maximum absolute atomic E-state index is 2.32. The van der Waals surface area contributed by atoms with Gasteiger partial charge in [0.1, 0.15) is 0 Å². The van der Waals surface area contributed by atoms with Gasteiger partial charge in [-0.1, -0.05) is 25.5 Å². The fraction of sp³-hybridized carbons (Fsp3) is 0.333. The lowest BCUT2D eigenvalue weighted by Gasteiger charge is -1.97. The van der Waals surface area contributed by atoms with Crippen LogP contribution in [0.15, 0.2) is 24.3 Å². The average Bonchev–Trinajstić information content (AvgIpc) is 2.44. The Labute approximate surface area is 83.2 Å². The van der Waals surface area contributed by atoms with Crippen LogP contribution in [0.2, 0.25) is 0 Å². The van der Waals surface area contributed by atoms with Crippen molar-refractivity contribution in [2.45, 2.75) is 26.7 Å². The fourth-order valence-corrected chi connectivity index (χ4v) is 2.57. The topological polar surface area (TPSA) is 0 Å². The molecule has 0 aliphatic rings. The molecule has 1 aromatic heterocycles. The minimum atomic E-state index is 1.20. The smallest absolute Gasteiger partial charge is 0.0345 e. The molecule has 13 heavy (non-hydrogen) atoms. The van der Waals surface area contributed by atoms with Gasteiger partial charge in [0.2, 0.25) is 0 Å². The molecule has 68 valence electrons. The van der Waals surface area contributed by atoms with E-state index in [4.69, 9.17) is 0 Å². The van der Waals surface area contributed by atoms with Crippen LogP contribution in [0.4, 0.5) is 0 Å². The SMILES string of the molecule is CCCc1ccc2sc(C)cc2c1. The second-order valence-electron chi connectivity index (χ2n) is 3.48. The van der Waals surface area contributed by atoms with Crippen molar-refractivity contribution in [3.05, 3.63) is 34.7 Å². The summed E-state index contributed by atoms with van der Waals surface area (Å²) >= 11 is 1.88. The van der Waals surface area contributed by atoms with E-state index in [2.05, 4.69) is 38.1 Å². The van der Waals surface area contributed by atoms with E-state index in [1.807, 2.05) is 11.3 Å². The quantitative estimate of drug-likeness (QED) is 0.667. The Morgan fingerprint density at radius 2 is 2.08 bits per heavy atom. The summed E-state index contributed by atoms with van der Waals surface area (Å²) in [5, 5.41) is 1.41. The van der Waals surface area contributed by atoms with E-state index in [0.717, 1.165) is 0 Å². The number of hydrogen-bond acceptors (Lipinski definition) is 1. The first-order chi connectivity index (χ1) is 6.29. The number of aryl methyl sites for hydroxylation is 2. The Morgan fingerprint density at radius 3 is 2.85 bits per heavy atom. The third kappa shape index (κ3) is 1.75. The van der Waals surface area contributed by atoms with Crippen LogP contribution in [0.3, 0.4) is 0 Å². The number of hydrogen-bond donors (Lipinski definition) is 0. The third-order valence-corrected chi connectivity index (χ3v) is 3.27. The minimum absolute atomic E-state index is 1.20. The summed E-state index contributed by atoms with van der Waals surface area (Å²) < 4.78 is 1.41. The Kier molecular flexibility index (Phi) is 2.36. The van der Waals surface area contributed by atoms with Gasteiger partial charge < -0.3 is 0 Å². The van der Waals surface area contributed by atoms with Gasteiger partial charge in [-0.3, -0.25) is 0 Å². The van der Waals surface area contributed by atoms with Crippen LogP contribution in [-0.2, 0) is 6.42 Å². The van der Waals surface area contributed by atoms with Crippen molar-refractivity contribution in [1.82, 2.24) is 0 Å². The molecule has 1 heteroatoms. The summed E-state index contributed by atoms with van der Waals surface area (Å²) in [6.07, 6.45) is 2.43. The van der Waals surface area contributed by atoms with Crippen LogP contribution in [0.1, 0.15) is 23.8 Å². The van der Waals surface area contributed by atoms with Crippen LogP contribution in [0.25, 0.3) is 10.1 Å². The maximum atomic E-state index is 2.32. The van der Waals surface area contributed by atoms with Crippen molar-refractivity contribution in [1.29, 1.82) is 0 Å². The highest BCUT2D eigenvalue weighted by molar-refractivity contribution is 7.19. The van der Waals surface area contributed by atoms with Crippen LogP contribution in [-0.4, -0.2) is 0 Å². The zero-order valence-corrected chi connectivity index (χ0v) is 8.95. The maximum Gasteiger partial charge on any atom is 0.0345 e. The second kappa shape index (κ2) is 3.51. The van der Waals surface area contributed by atoms with Gasteiger partial charge in [0, 0.05) is 9.58 Å². The molecule has 0 spiro atoms.